The minimum Gasteiger partial charge on any atom is -0.503 e. The number of thiazole rings is 1. The van der Waals surface area contributed by atoms with E-state index in [1.54, 1.807) is 50.2 Å². The molecule has 4 aromatic rings. The third-order valence-electron chi connectivity index (χ3n) is 5.70. The number of hydrogen-bond acceptors (Lipinski definition) is 9. The molecule has 13 heteroatoms. The van der Waals surface area contributed by atoms with Gasteiger partial charge in [0.15, 0.2) is 10.1 Å². The smallest absolute Gasteiger partial charge is 0.296 e. The Morgan fingerprint density at radius 3 is 2.53 bits per heavy atom. The lowest BCUT2D eigenvalue weighted by molar-refractivity contribution is -0.117. The average molecular weight is 624 g/mol. The van der Waals surface area contributed by atoms with Crippen molar-refractivity contribution in [3.05, 3.63) is 95.6 Å². The van der Waals surface area contributed by atoms with Gasteiger partial charge in [-0.1, -0.05) is 76.1 Å². The number of Topliss-reactive ketones (excluding diaryl/α,β-unsaturated/α-hetero) is 1. The summed E-state index contributed by atoms with van der Waals surface area (Å²) in [4.78, 5) is 33.1. The van der Waals surface area contributed by atoms with Gasteiger partial charge in [0, 0.05) is 20.8 Å². The number of carbonyl (C=O) groups is 2. The van der Waals surface area contributed by atoms with E-state index in [1.165, 1.54) is 39.3 Å². The number of benzene rings is 2. The lowest BCUT2D eigenvalue weighted by atomic mass is 9.95. The lowest BCUT2D eigenvalue weighted by Crippen LogP contribution is -2.31. The fraction of sp³-hybridized carbons (Fsp3) is 0.160. The summed E-state index contributed by atoms with van der Waals surface area (Å²) in [6, 6.07) is 11.1. The number of aliphatic hydroxyl groups is 1. The molecule has 1 unspecified atom stereocenters. The van der Waals surface area contributed by atoms with E-state index in [2.05, 4.69) is 15.2 Å². The Morgan fingerprint density at radius 1 is 1.08 bits per heavy atom. The molecule has 2 aromatic carbocycles. The second-order valence-corrected chi connectivity index (χ2v) is 12.9. The molecule has 194 valence electrons. The molecule has 1 aliphatic rings. The summed E-state index contributed by atoms with van der Waals surface area (Å²) in [6.07, 6.45) is 0. The number of rotatable bonds is 7. The number of hydrogen-bond donors (Lipinski definition) is 1. The molecule has 0 aliphatic carbocycles. The van der Waals surface area contributed by atoms with Gasteiger partial charge in [0.05, 0.1) is 27.2 Å². The monoisotopic (exact) mass is 622 g/mol. The first-order chi connectivity index (χ1) is 18.1. The normalized spacial score (nSPS) is 15.6. The second kappa shape index (κ2) is 11.0. The van der Waals surface area contributed by atoms with Crippen LogP contribution in [-0.2, 0) is 10.5 Å². The Morgan fingerprint density at radius 2 is 1.84 bits per heavy atom. The van der Waals surface area contributed by atoms with E-state index in [0.717, 1.165) is 5.56 Å². The molecule has 2 aromatic heterocycles. The number of anilines is 1. The molecular formula is C25H17Cl3N4O3S3. The summed E-state index contributed by atoms with van der Waals surface area (Å²) in [7, 11) is 0. The number of aliphatic hydroxyl groups excluding tert-OH is 1. The van der Waals surface area contributed by atoms with Crippen LogP contribution in [0.3, 0.4) is 0 Å². The van der Waals surface area contributed by atoms with Crippen molar-refractivity contribution in [2.24, 2.45) is 0 Å². The molecular weight excluding hydrogens is 607 g/mol. The molecule has 7 nitrogen and oxygen atoms in total. The van der Waals surface area contributed by atoms with Crippen LogP contribution in [-0.4, -0.2) is 32.0 Å². The quantitative estimate of drug-likeness (QED) is 0.128. The largest absolute Gasteiger partial charge is 0.503 e. The van der Waals surface area contributed by atoms with E-state index in [1.807, 2.05) is 6.07 Å². The first-order valence-electron chi connectivity index (χ1n) is 11.0. The Labute approximate surface area is 245 Å². The molecule has 3 heterocycles. The third kappa shape index (κ3) is 5.21. The van der Waals surface area contributed by atoms with Gasteiger partial charge in [-0.25, -0.2) is 4.98 Å². The molecule has 0 saturated carbocycles. The van der Waals surface area contributed by atoms with Crippen molar-refractivity contribution in [3.8, 4) is 0 Å². The molecule has 0 fully saturated rings. The first-order valence-corrected chi connectivity index (χ1v) is 14.8. The second-order valence-electron chi connectivity index (χ2n) is 8.25. The Hall–Kier alpha value is -2.47. The molecule has 1 N–H and O–H groups in total. The predicted molar refractivity (Wildman–Crippen MR) is 153 cm³/mol. The van der Waals surface area contributed by atoms with Gasteiger partial charge in [-0.3, -0.25) is 14.5 Å². The van der Waals surface area contributed by atoms with Crippen molar-refractivity contribution in [2.75, 3.05) is 4.90 Å². The minimum atomic E-state index is -0.952. The number of nitrogens with zero attached hydrogens (tertiary/aromatic N) is 4. The van der Waals surface area contributed by atoms with Gasteiger partial charge in [-0.15, -0.1) is 21.5 Å². The van der Waals surface area contributed by atoms with Crippen molar-refractivity contribution in [2.45, 2.75) is 30.0 Å². The highest BCUT2D eigenvalue weighted by molar-refractivity contribution is 8.00. The highest BCUT2D eigenvalue weighted by Crippen LogP contribution is 2.45. The van der Waals surface area contributed by atoms with Crippen molar-refractivity contribution in [1.82, 2.24) is 15.2 Å². The van der Waals surface area contributed by atoms with E-state index >= 15 is 0 Å². The van der Waals surface area contributed by atoms with Gasteiger partial charge in [-0.2, -0.15) is 0 Å². The topological polar surface area (TPSA) is 96.3 Å². The summed E-state index contributed by atoms with van der Waals surface area (Å²) in [5.41, 5.74) is 1.90. The van der Waals surface area contributed by atoms with Crippen LogP contribution in [0.15, 0.2) is 58.1 Å². The predicted octanol–water partition coefficient (Wildman–Crippen LogP) is 7.65. The Bertz CT molecular complexity index is 1620. The molecule has 0 saturated heterocycles. The molecule has 5 rings (SSSR count). The van der Waals surface area contributed by atoms with Gasteiger partial charge < -0.3 is 5.11 Å². The van der Waals surface area contributed by atoms with Gasteiger partial charge in [0.1, 0.15) is 0 Å². The molecule has 38 heavy (non-hydrogen) atoms. The minimum absolute atomic E-state index is 0.0543. The number of aromatic nitrogens is 3. The third-order valence-corrected chi connectivity index (χ3v) is 9.69. The van der Waals surface area contributed by atoms with Crippen LogP contribution < -0.4 is 4.90 Å². The number of thioether (sulfide) groups is 1. The van der Waals surface area contributed by atoms with E-state index in [4.69, 9.17) is 34.8 Å². The fourth-order valence-electron chi connectivity index (χ4n) is 4.03. The van der Waals surface area contributed by atoms with E-state index in [-0.39, 0.29) is 10.7 Å². The number of aryl methyl sites for hydroxylation is 2. The van der Waals surface area contributed by atoms with Crippen LogP contribution in [0.25, 0.3) is 0 Å². The summed E-state index contributed by atoms with van der Waals surface area (Å²) in [5.74, 6) is -1.34. The maximum Gasteiger partial charge on any atom is 0.296 e. The zero-order valence-corrected chi connectivity index (χ0v) is 24.5. The molecule has 1 atom stereocenters. The highest BCUT2D eigenvalue weighted by atomic mass is 35.5. The first kappa shape index (κ1) is 27.1. The summed E-state index contributed by atoms with van der Waals surface area (Å²) in [5, 5.41) is 21.9. The Balaban J connectivity index is 1.50. The molecule has 0 radical (unpaired) electrons. The van der Waals surface area contributed by atoms with Crippen LogP contribution in [0.4, 0.5) is 5.13 Å². The van der Waals surface area contributed by atoms with Crippen LogP contribution in [0.1, 0.15) is 37.5 Å². The summed E-state index contributed by atoms with van der Waals surface area (Å²) < 4.78 is 0.580. The van der Waals surface area contributed by atoms with E-state index in [0.29, 0.717) is 46.3 Å². The molecule has 0 bridgehead atoms. The average Bonchev–Trinajstić information content (AvgIpc) is 3.54. The maximum atomic E-state index is 13.7. The van der Waals surface area contributed by atoms with Gasteiger partial charge in [-0.05, 0) is 49.2 Å². The van der Waals surface area contributed by atoms with Crippen LogP contribution in [0.5, 0.6) is 0 Å². The van der Waals surface area contributed by atoms with Gasteiger partial charge >= 0.3 is 0 Å². The number of carbonyl (C=O) groups excluding carboxylic acids is 2. The van der Waals surface area contributed by atoms with Crippen molar-refractivity contribution in [1.29, 1.82) is 0 Å². The van der Waals surface area contributed by atoms with Crippen molar-refractivity contribution in [3.63, 3.8) is 0 Å². The lowest BCUT2D eigenvalue weighted by Gasteiger charge is -2.24. The standard InChI is InChI=1S/C25H17Cl3N4O3S3/c1-11-22(37-12(2)29-11)20(33)18-19(13-4-3-5-15(26)8-13)32(23(35)21(18)34)24-30-31-25(38-24)36-10-14-6-7-16(27)9-17(14)28/h3-9,19,34H,10H2,1-2H3. The van der Waals surface area contributed by atoms with Crippen molar-refractivity contribution < 1.29 is 14.7 Å². The van der Waals surface area contributed by atoms with Gasteiger partial charge in [0.2, 0.25) is 10.9 Å². The zero-order chi connectivity index (χ0) is 27.1. The van der Waals surface area contributed by atoms with Crippen LogP contribution >= 0.6 is 69.2 Å². The number of amides is 1. The summed E-state index contributed by atoms with van der Waals surface area (Å²) in [6.45, 7) is 3.51. The van der Waals surface area contributed by atoms with Gasteiger partial charge in [0.25, 0.3) is 5.91 Å². The van der Waals surface area contributed by atoms with Crippen LogP contribution in [0, 0.1) is 13.8 Å². The highest BCUT2D eigenvalue weighted by Gasteiger charge is 2.46. The fourth-order valence-corrected chi connectivity index (χ4v) is 7.53. The molecule has 1 amide bonds. The van der Waals surface area contributed by atoms with E-state index < -0.39 is 23.5 Å². The van der Waals surface area contributed by atoms with E-state index in [9.17, 15) is 14.7 Å². The summed E-state index contributed by atoms with van der Waals surface area (Å²) >= 11 is 22.3. The van der Waals surface area contributed by atoms with Crippen molar-refractivity contribution >= 4 is 86.1 Å². The Kier molecular flexibility index (Phi) is 7.82. The number of ketones is 1. The van der Waals surface area contributed by atoms with Crippen LogP contribution in [0.2, 0.25) is 15.1 Å². The maximum absolute atomic E-state index is 13.7. The SMILES string of the molecule is Cc1nc(C)c(C(=O)C2=C(O)C(=O)N(c3nnc(SCc4ccc(Cl)cc4Cl)s3)C2c2cccc(Cl)c2)s1. The zero-order valence-electron chi connectivity index (χ0n) is 19.7. The number of halogens is 3. The molecule has 0 spiro atoms. The molecule has 1 aliphatic heterocycles.